The van der Waals surface area contributed by atoms with Gasteiger partial charge >= 0.3 is 0 Å². The third kappa shape index (κ3) is 2.08. The topological polar surface area (TPSA) is 29.3 Å². The highest BCUT2D eigenvalue weighted by Crippen LogP contribution is 2.38. The average Bonchev–Trinajstić information content (AvgIpc) is 3.22. The lowest BCUT2D eigenvalue weighted by Gasteiger charge is -2.40. The first-order chi connectivity index (χ1) is 8.68. The van der Waals surface area contributed by atoms with Crippen molar-refractivity contribution in [3.05, 3.63) is 35.4 Å². The zero-order valence-corrected chi connectivity index (χ0v) is 11.5. The number of aryl methyl sites for hydroxylation is 1. The molecule has 0 saturated heterocycles. The number of benzene rings is 1. The lowest BCUT2D eigenvalue weighted by Crippen LogP contribution is -2.47. The molecule has 0 amide bonds. The van der Waals surface area contributed by atoms with E-state index in [0.29, 0.717) is 12.1 Å². The van der Waals surface area contributed by atoms with Crippen LogP contribution < -0.4 is 5.73 Å². The van der Waals surface area contributed by atoms with Crippen LogP contribution in [0, 0.1) is 5.92 Å². The number of likely N-dealkylation sites (N-methyl/N-ethyl adjacent to an activating group) is 1. The Morgan fingerprint density at radius 1 is 1.22 bits per heavy atom. The summed E-state index contributed by atoms with van der Waals surface area (Å²) in [5.74, 6) is 0.916. The van der Waals surface area contributed by atoms with Crippen LogP contribution in [0.3, 0.4) is 0 Å². The van der Waals surface area contributed by atoms with E-state index in [0.717, 1.165) is 5.92 Å². The third-order valence-corrected chi connectivity index (χ3v) is 5.01. The quantitative estimate of drug-likeness (QED) is 0.886. The highest BCUT2D eigenvalue weighted by atomic mass is 15.2. The Morgan fingerprint density at radius 2 is 1.94 bits per heavy atom. The smallest absolute Gasteiger partial charge is 0.0455 e. The van der Waals surface area contributed by atoms with Gasteiger partial charge in [-0.15, -0.1) is 0 Å². The van der Waals surface area contributed by atoms with Crippen LogP contribution in [0.1, 0.15) is 43.4 Å². The molecule has 2 N–H and O–H groups in total. The SMILES string of the molecule is CC(C1CC1)N(C)C1CCc2ccccc2C1N. The Morgan fingerprint density at radius 3 is 2.67 bits per heavy atom. The van der Waals surface area contributed by atoms with Crippen molar-refractivity contribution < 1.29 is 0 Å². The molecule has 3 unspecified atom stereocenters. The maximum absolute atomic E-state index is 6.51. The first-order valence-electron chi connectivity index (χ1n) is 7.24. The van der Waals surface area contributed by atoms with E-state index >= 15 is 0 Å². The molecule has 1 aromatic carbocycles. The molecule has 2 aliphatic carbocycles. The summed E-state index contributed by atoms with van der Waals surface area (Å²) in [6.45, 7) is 2.37. The number of hydrogen-bond donors (Lipinski definition) is 1. The summed E-state index contributed by atoms with van der Waals surface area (Å²) in [7, 11) is 2.27. The van der Waals surface area contributed by atoms with Gasteiger partial charge in [-0.3, -0.25) is 4.90 Å². The first-order valence-corrected chi connectivity index (χ1v) is 7.24. The molecule has 98 valence electrons. The van der Waals surface area contributed by atoms with E-state index in [1.54, 1.807) is 0 Å². The molecule has 1 saturated carbocycles. The molecule has 1 fully saturated rings. The first kappa shape index (κ1) is 12.2. The van der Waals surface area contributed by atoms with Gasteiger partial charge in [0.15, 0.2) is 0 Å². The molecule has 0 bridgehead atoms. The minimum Gasteiger partial charge on any atom is -0.323 e. The van der Waals surface area contributed by atoms with Crippen molar-refractivity contribution in [3.8, 4) is 0 Å². The highest BCUT2D eigenvalue weighted by molar-refractivity contribution is 5.33. The monoisotopic (exact) mass is 244 g/mol. The second-order valence-corrected chi connectivity index (χ2v) is 6.07. The van der Waals surface area contributed by atoms with Crippen molar-refractivity contribution in [2.75, 3.05) is 7.05 Å². The summed E-state index contributed by atoms with van der Waals surface area (Å²) in [6.07, 6.45) is 5.19. The standard InChI is InChI=1S/C16H24N2/c1-11(12-7-8-12)18(2)15-10-9-13-5-3-4-6-14(13)16(15)17/h3-6,11-12,15-16H,7-10,17H2,1-2H3. The Balaban J connectivity index is 1.79. The van der Waals surface area contributed by atoms with Gasteiger partial charge in [0, 0.05) is 18.1 Å². The second kappa shape index (κ2) is 4.67. The summed E-state index contributed by atoms with van der Waals surface area (Å²) < 4.78 is 0. The van der Waals surface area contributed by atoms with Crippen molar-refractivity contribution in [1.82, 2.24) is 4.90 Å². The summed E-state index contributed by atoms with van der Waals surface area (Å²) in [5, 5.41) is 0. The maximum atomic E-state index is 6.51. The molecular formula is C16H24N2. The van der Waals surface area contributed by atoms with Crippen LogP contribution in [-0.4, -0.2) is 24.0 Å². The van der Waals surface area contributed by atoms with E-state index < -0.39 is 0 Å². The molecule has 18 heavy (non-hydrogen) atoms. The van der Waals surface area contributed by atoms with Gasteiger partial charge in [-0.1, -0.05) is 24.3 Å². The molecule has 3 rings (SSSR count). The van der Waals surface area contributed by atoms with Crippen molar-refractivity contribution in [2.24, 2.45) is 11.7 Å². The lowest BCUT2D eigenvalue weighted by molar-refractivity contribution is 0.132. The van der Waals surface area contributed by atoms with Gasteiger partial charge in [0.25, 0.3) is 0 Å². The predicted molar refractivity (Wildman–Crippen MR) is 75.4 cm³/mol. The Bertz CT molecular complexity index is 425. The van der Waals surface area contributed by atoms with Crippen LogP contribution in [-0.2, 0) is 6.42 Å². The molecule has 1 aromatic rings. The van der Waals surface area contributed by atoms with E-state index in [-0.39, 0.29) is 6.04 Å². The summed E-state index contributed by atoms with van der Waals surface area (Å²) in [5.41, 5.74) is 9.33. The molecular weight excluding hydrogens is 220 g/mol. The van der Waals surface area contributed by atoms with E-state index in [1.165, 1.54) is 36.8 Å². The lowest BCUT2D eigenvalue weighted by atomic mass is 9.83. The van der Waals surface area contributed by atoms with Crippen molar-refractivity contribution in [3.63, 3.8) is 0 Å². The van der Waals surface area contributed by atoms with Crippen LogP contribution in [0.4, 0.5) is 0 Å². The number of nitrogens with zero attached hydrogens (tertiary/aromatic N) is 1. The van der Waals surface area contributed by atoms with Gasteiger partial charge < -0.3 is 5.73 Å². The van der Waals surface area contributed by atoms with Crippen molar-refractivity contribution in [1.29, 1.82) is 0 Å². The number of nitrogens with two attached hydrogens (primary N) is 1. The van der Waals surface area contributed by atoms with E-state index in [2.05, 4.69) is 43.1 Å². The minimum absolute atomic E-state index is 0.182. The number of rotatable bonds is 3. The van der Waals surface area contributed by atoms with Crippen LogP contribution in [0.5, 0.6) is 0 Å². The fourth-order valence-electron chi connectivity index (χ4n) is 3.45. The summed E-state index contributed by atoms with van der Waals surface area (Å²) in [6, 6.07) is 10.1. The molecule has 0 aromatic heterocycles. The largest absolute Gasteiger partial charge is 0.323 e. The van der Waals surface area contributed by atoms with Crippen LogP contribution >= 0.6 is 0 Å². The molecule has 0 radical (unpaired) electrons. The van der Waals surface area contributed by atoms with Gasteiger partial charge in [0.05, 0.1) is 0 Å². The van der Waals surface area contributed by atoms with Gasteiger partial charge in [0.2, 0.25) is 0 Å². The molecule has 2 aliphatic rings. The Hall–Kier alpha value is -0.860. The number of hydrogen-bond acceptors (Lipinski definition) is 2. The van der Waals surface area contributed by atoms with Gasteiger partial charge in [-0.25, -0.2) is 0 Å². The second-order valence-electron chi connectivity index (χ2n) is 6.07. The van der Waals surface area contributed by atoms with Crippen LogP contribution in [0.15, 0.2) is 24.3 Å². The molecule has 2 nitrogen and oxygen atoms in total. The highest BCUT2D eigenvalue weighted by Gasteiger charge is 2.36. The zero-order chi connectivity index (χ0) is 12.7. The molecule has 0 spiro atoms. The Labute approximate surface area is 110 Å². The van der Waals surface area contributed by atoms with Crippen molar-refractivity contribution >= 4 is 0 Å². The zero-order valence-electron chi connectivity index (χ0n) is 11.5. The van der Waals surface area contributed by atoms with Gasteiger partial charge in [-0.05, 0) is 56.7 Å². The average molecular weight is 244 g/mol. The third-order valence-electron chi connectivity index (χ3n) is 5.01. The molecule has 3 atom stereocenters. The van der Waals surface area contributed by atoms with Gasteiger partial charge in [0.1, 0.15) is 0 Å². The number of fused-ring (bicyclic) bond motifs is 1. The minimum atomic E-state index is 0.182. The van der Waals surface area contributed by atoms with Crippen LogP contribution in [0.25, 0.3) is 0 Å². The predicted octanol–water partition coefficient (Wildman–Crippen LogP) is 2.73. The molecule has 2 heteroatoms. The van der Waals surface area contributed by atoms with Crippen LogP contribution in [0.2, 0.25) is 0 Å². The fraction of sp³-hybridized carbons (Fsp3) is 0.625. The van der Waals surface area contributed by atoms with Crippen molar-refractivity contribution in [2.45, 2.75) is 50.7 Å². The summed E-state index contributed by atoms with van der Waals surface area (Å²) in [4.78, 5) is 2.54. The summed E-state index contributed by atoms with van der Waals surface area (Å²) >= 11 is 0. The maximum Gasteiger partial charge on any atom is 0.0455 e. The normalized spacial score (nSPS) is 29.1. The van der Waals surface area contributed by atoms with Gasteiger partial charge in [-0.2, -0.15) is 0 Å². The fourth-order valence-corrected chi connectivity index (χ4v) is 3.45. The Kier molecular flexibility index (Phi) is 3.16. The van der Waals surface area contributed by atoms with E-state index in [4.69, 9.17) is 5.73 Å². The van der Waals surface area contributed by atoms with E-state index in [9.17, 15) is 0 Å². The molecule has 0 aliphatic heterocycles. The van der Waals surface area contributed by atoms with E-state index in [1.807, 2.05) is 0 Å². The molecule has 0 heterocycles.